The number of piperidine rings is 1. The van der Waals surface area contributed by atoms with E-state index < -0.39 is 0 Å². The van der Waals surface area contributed by atoms with Gasteiger partial charge in [0, 0.05) is 56.9 Å². The molecule has 166 valence electrons. The van der Waals surface area contributed by atoms with Crippen LogP contribution in [0.15, 0.2) is 47.4 Å². The minimum absolute atomic E-state index is 0.00108. The number of benzene rings is 1. The summed E-state index contributed by atoms with van der Waals surface area (Å²) in [6.45, 7) is 7.41. The molecule has 1 aromatic carbocycles. The zero-order valence-corrected chi connectivity index (χ0v) is 18.9. The molecule has 0 spiro atoms. The van der Waals surface area contributed by atoms with E-state index in [1.807, 2.05) is 6.07 Å². The van der Waals surface area contributed by atoms with Crippen LogP contribution >= 0.6 is 0 Å². The second kappa shape index (κ2) is 7.71. The highest BCUT2D eigenvalue weighted by molar-refractivity contribution is 5.89. The number of hydrogen-bond donors (Lipinski definition) is 1. The van der Waals surface area contributed by atoms with Gasteiger partial charge in [-0.15, -0.1) is 0 Å². The summed E-state index contributed by atoms with van der Waals surface area (Å²) in [6.07, 6.45) is 4.31. The van der Waals surface area contributed by atoms with Gasteiger partial charge in [0.2, 0.25) is 0 Å². The minimum Gasteiger partial charge on any atom is -0.367 e. The van der Waals surface area contributed by atoms with Crippen LogP contribution in [0.4, 0.5) is 5.69 Å². The molecule has 1 N–H and O–H groups in total. The number of piperazine rings is 1. The fourth-order valence-electron chi connectivity index (χ4n) is 6.06. The number of nitrogens with one attached hydrogen (secondary N) is 1. The molecule has 2 aromatic heterocycles. The van der Waals surface area contributed by atoms with Crippen LogP contribution in [0, 0.1) is 0 Å². The molecule has 3 aliphatic rings. The molecule has 0 saturated carbocycles. The lowest BCUT2D eigenvalue weighted by atomic mass is 9.89. The molecule has 3 aromatic rings. The van der Waals surface area contributed by atoms with Crippen molar-refractivity contribution in [1.29, 1.82) is 0 Å². The van der Waals surface area contributed by atoms with Crippen molar-refractivity contribution in [3.05, 3.63) is 69.6 Å². The lowest BCUT2D eigenvalue weighted by molar-refractivity contribution is 0.134. The van der Waals surface area contributed by atoms with Gasteiger partial charge in [0.1, 0.15) is 5.65 Å². The fourth-order valence-corrected chi connectivity index (χ4v) is 6.06. The minimum atomic E-state index is -0.00108. The van der Waals surface area contributed by atoms with E-state index in [1.165, 1.54) is 29.5 Å². The monoisotopic (exact) mass is 429 g/mol. The molecule has 5 heterocycles. The molecule has 0 bridgehead atoms. The summed E-state index contributed by atoms with van der Waals surface area (Å²) >= 11 is 0. The van der Waals surface area contributed by atoms with Crippen molar-refractivity contribution in [3.63, 3.8) is 0 Å². The summed E-state index contributed by atoms with van der Waals surface area (Å²) in [4.78, 5) is 22.2. The highest BCUT2D eigenvalue weighted by Crippen LogP contribution is 2.41. The van der Waals surface area contributed by atoms with Crippen molar-refractivity contribution in [3.8, 4) is 0 Å². The number of aromatic nitrogens is 2. The Hall–Kier alpha value is -2.70. The van der Waals surface area contributed by atoms with E-state index in [4.69, 9.17) is 0 Å². The van der Waals surface area contributed by atoms with E-state index >= 15 is 0 Å². The lowest BCUT2D eigenvalue weighted by Gasteiger charge is -2.43. The maximum atomic E-state index is 12.7. The average molecular weight is 430 g/mol. The molecule has 32 heavy (non-hydrogen) atoms. The molecule has 0 amide bonds. The van der Waals surface area contributed by atoms with Gasteiger partial charge in [-0.1, -0.05) is 18.2 Å². The maximum Gasteiger partial charge on any atom is 0.253 e. The molecule has 2 fully saturated rings. The number of fused-ring (bicyclic) bond motifs is 4. The van der Waals surface area contributed by atoms with Crippen molar-refractivity contribution in [2.24, 2.45) is 7.05 Å². The van der Waals surface area contributed by atoms with Crippen LogP contribution in [-0.2, 0) is 13.6 Å². The smallest absolute Gasteiger partial charge is 0.253 e. The molecule has 3 unspecified atom stereocenters. The van der Waals surface area contributed by atoms with Crippen molar-refractivity contribution < 1.29 is 0 Å². The summed E-state index contributed by atoms with van der Waals surface area (Å²) in [6, 6.07) is 13.8. The third-order valence-electron chi connectivity index (χ3n) is 7.80. The van der Waals surface area contributed by atoms with Gasteiger partial charge in [0.25, 0.3) is 5.56 Å². The maximum absolute atomic E-state index is 12.7. The van der Waals surface area contributed by atoms with Crippen LogP contribution in [0.3, 0.4) is 0 Å². The average Bonchev–Trinajstić information content (AvgIpc) is 3.20. The molecule has 6 nitrogen and oxygen atoms in total. The van der Waals surface area contributed by atoms with Crippen molar-refractivity contribution >= 4 is 16.7 Å². The summed E-state index contributed by atoms with van der Waals surface area (Å²) in [7, 11) is 1.80. The second-order valence-electron chi connectivity index (χ2n) is 9.75. The number of anilines is 1. The Labute approximate surface area is 188 Å². The molecular weight excluding hydrogens is 398 g/mol. The highest BCUT2D eigenvalue weighted by Gasteiger charge is 2.39. The number of pyridine rings is 2. The van der Waals surface area contributed by atoms with Gasteiger partial charge < -0.3 is 10.2 Å². The van der Waals surface area contributed by atoms with Crippen LogP contribution in [0.25, 0.3) is 11.0 Å². The molecular formula is C26H31N5O. The SMILES string of the molecule is CC1CN(c2cc(=O)n(C)c3ncccc23)CC2c3ccc(C4CCCNC4)cc3CN12. The second-order valence-corrected chi connectivity index (χ2v) is 9.75. The van der Waals surface area contributed by atoms with Crippen LogP contribution in [0.5, 0.6) is 0 Å². The van der Waals surface area contributed by atoms with Crippen molar-refractivity contribution in [2.75, 3.05) is 31.1 Å². The predicted molar refractivity (Wildman–Crippen MR) is 128 cm³/mol. The van der Waals surface area contributed by atoms with Gasteiger partial charge in [-0.05, 0) is 61.1 Å². The summed E-state index contributed by atoms with van der Waals surface area (Å²) < 4.78 is 1.64. The molecule has 6 heteroatoms. The Morgan fingerprint density at radius 1 is 1.16 bits per heavy atom. The van der Waals surface area contributed by atoms with E-state index in [0.29, 0.717) is 18.0 Å². The number of aryl methyl sites for hydroxylation is 1. The Morgan fingerprint density at radius 2 is 2.06 bits per heavy atom. The fraction of sp³-hybridized carbons (Fsp3) is 0.462. The van der Waals surface area contributed by atoms with Gasteiger partial charge in [-0.25, -0.2) is 4.98 Å². The zero-order valence-electron chi connectivity index (χ0n) is 18.9. The first-order chi connectivity index (χ1) is 15.6. The highest BCUT2D eigenvalue weighted by atomic mass is 16.1. The van der Waals surface area contributed by atoms with E-state index in [-0.39, 0.29) is 5.56 Å². The molecule has 3 aliphatic heterocycles. The molecule has 3 atom stereocenters. The lowest BCUT2D eigenvalue weighted by Crippen LogP contribution is -2.51. The van der Waals surface area contributed by atoms with Crippen molar-refractivity contribution in [2.45, 2.75) is 44.3 Å². The largest absolute Gasteiger partial charge is 0.367 e. The summed E-state index contributed by atoms with van der Waals surface area (Å²) in [5.74, 6) is 0.639. The van der Waals surface area contributed by atoms with Gasteiger partial charge in [-0.2, -0.15) is 0 Å². The first kappa shape index (κ1) is 19.9. The van der Waals surface area contributed by atoms with Gasteiger partial charge in [0.15, 0.2) is 0 Å². The number of nitrogens with zero attached hydrogens (tertiary/aromatic N) is 4. The first-order valence-electron chi connectivity index (χ1n) is 11.9. The Bertz CT molecular complexity index is 1230. The van der Waals surface area contributed by atoms with E-state index in [9.17, 15) is 4.79 Å². The zero-order chi connectivity index (χ0) is 21.8. The van der Waals surface area contributed by atoms with Gasteiger partial charge >= 0.3 is 0 Å². The van der Waals surface area contributed by atoms with E-state index in [1.54, 1.807) is 23.9 Å². The standard InChI is InChI=1S/C26H31N5O/c1-17-14-30(23-12-25(32)29(2)26-22(23)6-4-10-28-26)16-24-21-8-7-18(11-20(21)15-31(17)24)19-5-3-9-27-13-19/h4,6-8,10-12,17,19,24,27H,3,5,9,13-16H2,1-2H3. The van der Waals surface area contributed by atoms with E-state index in [2.05, 4.69) is 51.3 Å². The normalized spacial score (nSPS) is 25.7. The van der Waals surface area contributed by atoms with Crippen LogP contribution in [0.2, 0.25) is 0 Å². The molecule has 6 rings (SSSR count). The summed E-state index contributed by atoms with van der Waals surface area (Å²) in [5, 5.41) is 4.61. The van der Waals surface area contributed by atoms with Crippen LogP contribution in [-0.4, -0.2) is 46.7 Å². The Balaban J connectivity index is 1.35. The molecule has 0 radical (unpaired) electrons. The summed E-state index contributed by atoms with van der Waals surface area (Å²) in [5.41, 5.74) is 6.20. The Morgan fingerprint density at radius 3 is 2.91 bits per heavy atom. The Kier molecular flexibility index (Phi) is 4.81. The van der Waals surface area contributed by atoms with E-state index in [0.717, 1.165) is 49.4 Å². The van der Waals surface area contributed by atoms with Crippen LogP contribution < -0.4 is 15.8 Å². The molecule has 2 saturated heterocycles. The third-order valence-corrected chi connectivity index (χ3v) is 7.80. The van der Waals surface area contributed by atoms with Crippen molar-refractivity contribution in [1.82, 2.24) is 19.8 Å². The van der Waals surface area contributed by atoms with Crippen LogP contribution in [0.1, 0.15) is 48.4 Å². The number of rotatable bonds is 2. The predicted octanol–water partition coefficient (Wildman–Crippen LogP) is 3.17. The quantitative estimate of drug-likeness (QED) is 0.678. The number of hydrogen-bond acceptors (Lipinski definition) is 5. The first-order valence-corrected chi connectivity index (χ1v) is 11.9. The van der Waals surface area contributed by atoms with Gasteiger partial charge in [0.05, 0.1) is 11.7 Å². The third kappa shape index (κ3) is 3.16. The topological polar surface area (TPSA) is 53.4 Å². The van der Waals surface area contributed by atoms with Gasteiger partial charge in [-0.3, -0.25) is 14.3 Å². The molecule has 0 aliphatic carbocycles.